The molecule has 0 aromatic carbocycles. The minimum atomic E-state index is -0.0501. The fourth-order valence-corrected chi connectivity index (χ4v) is 0.668. The molecule has 0 saturated heterocycles. The smallest absolute Gasteiger partial charge is 0.230 e. The fourth-order valence-electron chi connectivity index (χ4n) is 0.470. The Balaban J connectivity index is 3.14. The lowest BCUT2D eigenvalue weighted by atomic mass is 10.4. The molecule has 0 atom stereocenters. The van der Waals surface area contributed by atoms with Crippen LogP contribution in [0.4, 0.5) is 0 Å². The van der Waals surface area contributed by atoms with Crippen molar-refractivity contribution in [3.05, 3.63) is 10.4 Å². The first-order valence-electron chi connectivity index (χ1n) is 3.14. The van der Waals surface area contributed by atoms with Gasteiger partial charge >= 0.3 is 0 Å². The number of hydrogen-bond donors (Lipinski definition) is 1. The summed E-state index contributed by atoms with van der Waals surface area (Å²) < 4.78 is 0. The Morgan fingerprint density at radius 3 is 3.00 bits per heavy atom. The molecule has 0 aliphatic rings. The summed E-state index contributed by atoms with van der Waals surface area (Å²) in [6, 6.07) is 0. The lowest BCUT2D eigenvalue weighted by Crippen LogP contribution is -2.25. The van der Waals surface area contributed by atoms with E-state index in [1.54, 1.807) is 0 Å². The van der Waals surface area contributed by atoms with E-state index in [9.17, 15) is 4.79 Å². The molecule has 0 bridgehead atoms. The third-order valence-electron chi connectivity index (χ3n) is 0.942. The largest absolute Gasteiger partial charge is 0.355 e. The predicted molar refractivity (Wildman–Crippen MR) is 45.4 cm³/mol. The molecular formula is C5H9BrN4O. The molecule has 0 rings (SSSR count). The number of hydrogen-bond acceptors (Lipinski definition) is 2. The Morgan fingerprint density at radius 2 is 2.45 bits per heavy atom. The number of nitrogens with zero attached hydrogens (tertiary/aromatic N) is 3. The number of rotatable bonds is 5. The van der Waals surface area contributed by atoms with Gasteiger partial charge in [0.15, 0.2) is 0 Å². The van der Waals surface area contributed by atoms with Crippen LogP contribution in [0.1, 0.15) is 6.42 Å². The highest BCUT2D eigenvalue weighted by atomic mass is 79.9. The first kappa shape index (κ1) is 10.3. The molecule has 6 heteroatoms. The van der Waals surface area contributed by atoms with Crippen molar-refractivity contribution < 1.29 is 4.79 Å². The monoisotopic (exact) mass is 220 g/mol. The van der Waals surface area contributed by atoms with Crippen LogP contribution in [0.25, 0.3) is 10.4 Å². The van der Waals surface area contributed by atoms with Crippen molar-refractivity contribution in [2.24, 2.45) is 5.11 Å². The van der Waals surface area contributed by atoms with Gasteiger partial charge in [0.2, 0.25) is 5.91 Å². The lowest BCUT2D eigenvalue weighted by molar-refractivity contribution is -0.118. The van der Waals surface area contributed by atoms with Crippen LogP contribution in [-0.4, -0.2) is 24.3 Å². The van der Waals surface area contributed by atoms with E-state index < -0.39 is 0 Å². The van der Waals surface area contributed by atoms with E-state index in [4.69, 9.17) is 5.53 Å². The molecule has 0 spiro atoms. The maximum Gasteiger partial charge on any atom is 0.230 e. The zero-order valence-electron chi connectivity index (χ0n) is 5.96. The molecule has 1 amide bonds. The summed E-state index contributed by atoms with van der Waals surface area (Å²) in [5.41, 5.74) is 7.88. The topological polar surface area (TPSA) is 77.9 Å². The number of alkyl halides is 1. The van der Waals surface area contributed by atoms with Crippen LogP contribution in [-0.2, 0) is 4.79 Å². The third kappa shape index (κ3) is 7.15. The van der Waals surface area contributed by atoms with Gasteiger partial charge in [-0.05, 0) is 12.0 Å². The Bertz CT molecular complexity index is 166. The summed E-state index contributed by atoms with van der Waals surface area (Å²) in [7, 11) is 0. The maximum atomic E-state index is 10.6. The molecule has 0 unspecified atom stereocenters. The molecule has 0 aliphatic heterocycles. The second kappa shape index (κ2) is 7.37. The summed E-state index contributed by atoms with van der Waals surface area (Å²) in [6.07, 6.45) is 0.683. The first-order valence-corrected chi connectivity index (χ1v) is 4.27. The second-order valence-electron chi connectivity index (χ2n) is 1.79. The molecule has 0 aliphatic carbocycles. The first-order chi connectivity index (χ1) is 5.31. The zero-order valence-corrected chi connectivity index (χ0v) is 7.54. The number of carbonyl (C=O) groups excluding carboxylic acids is 1. The molecule has 1 N–H and O–H groups in total. The molecule has 0 fully saturated rings. The highest BCUT2D eigenvalue weighted by Crippen LogP contribution is 1.81. The van der Waals surface area contributed by atoms with E-state index in [1.807, 2.05) is 0 Å². The van der Waals surface area contributed by atoms with Crippen molar-refractivity contribution in [1.29, 1.82) is 0 Å². The molecule has 0 radical (unpaired) electrons. The van der Waals surface area contributed by atoms with Gasteiger partial charge < -0.3 is 5.32 Å². The molecule has 0 saturated carbocycles. The standard InChI is InChI=1S/C5H9BrN4O/c6-4-5(11)8-2-1-3-9-10-7/h1-4H2,(H,8,11). The van der Waals surface area contributed by atoms with Gasteiger partial charge in [-0.1, -0.05) is 21.0 Å². The summed E-state index contributed by atoms with van der Waals surface area (Å²) in [4.78, 5) is 13.2. The summed E-state index contributed by atoms with van der Waals surface area (Å²) >= 11 is 3.00. The van der Waals surface area contributed by atoms with Crippen LogP contribution in [0.15, 0.2) is 5.11 Å². The average Bonchev–Trinajstić information content (AvgIpc) is 2.04. The van der Waals surface area contributed by atoms with Crippen LogP contribution < -0.4 is 5.32 Å². The van der Waals surface area contributed by atoms with Crippen molar-refractivity contribution in [1.82, 2.24) is 5.32 Å². The van der Waals surface area contributed by atoms with E-state index in [0.29, 0.717) is 24.8 Å². The van der Waals surface area contributed by atoms with Crippen molar-refractivity contribution in [2.45, 2.75) is 6.42 Å². The number of halogens is 1. The van der Waals surface area contributed by atoms with E-state index in [2.05, 4.69) is 31.3 Å². The normalized spacial score (nSPS) is 8.45. The third-order valence-corrected chi connectivity index (χ3v) is 1.45. The Morgan fingerprint density at radius 1 is 1.73 bits per heavy atom. The van der Waals surface area contributed by atoms with Crippen molar-refractivity contribution >= 4 is 21.8 Å². The summed E-state index contributed by atoms with van der Waals surface area (Å²) in [5.74, 6) is -0.0501. The highest BCUT2D eigenvalue weighted by Gasteiger charge is 1.94. The number of amides is 1. The summed E-state index contributed by atoms with van der Waals surface area (Å²) in [6.45, 7) is 0.989. The minimum absolute atomic E-state index is 0.0501. The van der Waals surface area contributed by atoms with E-state index in [0.717, 1.165) is 0 Å². The molecule has 11 heavy (non-hydrogen) atoms. The predicted octanol–water partition coefficient (Wildman–Crippen LogP) is 1.20. The molecule has 0 aromatic heterocycles. The van der Waals surface area contributed by atoms with Crippen LogP contribution in [0.5, 0.6) is 0 Å². The van der Waals surface area contributed by atoms with Crippen molar-refractivity contribution in [2.75, 3.05) is 18.4 Å². The van der Waals surface area contributed by atoms with Crippen LogP contribution in [0.2, 0.25) is 0 Å². The van der Waals surface area contributed by atoms with Gasteiger partial charge in [0.25, 0.3) is 0 Å². The number of carbonyl (C=O) groups is 1. The molecule has 62 valence electrons. The van der Waals surface area contributed by atoms with Gasteiger partial charge in [-0.3, -0.25) is 4.79 Å². The molecular weight excluding hydrogens is 212 g/mol. The van der Waals surface area contributed by atoms with Gasteiger partial charge in [-0.25, -0.2) is 0 Å². The quantitative estimate of drug-likeness (QED) is 0.244. The number of azide groups is 1. The van der Waals surface area contributed by atoms with Crippen LogP contribution in [0.3, 0.4) is 0 Å². The van der Waals surface area contributed by atoms with Gasteiger partial charge in [0, 0.05) is 18.0 Å². The van der Waals surface area contributed by atoms with Crippen molar-refractivity contribution in [3.63, 3.8) is 0 Å². The van der Waals surface area contributed by atoms with Gasteiger partial charge in [0.1, 0.15) is 0 Å². The minimum Gasteiger partial charge on any atom is -0.355 e. The molecule has 5 nitrogen and oxygen atoms in total. The van der Waals surface area contributed by atoms with E-state index >= 15 is 0 Å². The Kier molecular flexibility index (Phi) is 6.87. The van der Waals surface area contributed by atoms with Gasteiger partial charge in [-0.2, -0.15) is 0 Å². The molecule has 0 heterocycles. The maximum absolute atomic E-state index is 10.6. The van der Waals surface area contributed by atoms with Gasteiger partial charge in [-0.15, -0.1) is 0 Å². The fraction of sp³-hybridized carbons (Fsp3) is 0.800. The van der Waals surface area contributed by atoms with Crippen LogP contribution in [0, 0.1) is 0 Å². The SMILES string of the molecule is [N-]=[N+]=NCCCNC(=O)CBr. The van der Waals surface area contributed by atoms with Crippen LogP contribution >= 0.6 is 15.9 Å². The zero-order chi connectivity index (χ0) is 8.53. The lowest BCUT2D eigenvalue weighted by Gasteiger charge is -1.98. The Labute approximate surface area is 72.9 Å². The number of nitrogens with one attached hydrogen (secondary N) is 1. The van der Waals surface area contributed by atoms with Gasteiger partial charge in [0.05, 0.1) is 5.33 Å². The highest BCUT2D eigenvalue weighted by molar-refractivity contribution is 9.09. The average molecular weight is 221 g/mol. The van der Waals surface area contributed by atoms with E-state index in [1.165, 1.54) is 0 Å². The second-order valence-corrected chi connectivity index (χ2v) is 2.35. The Hall–Kier alpha value is -0.740. The van der Waals surface area contributed by atoms with Crippen molar-refractivity contribution in [3.8, 4) is 0 Å². The molecule has 0 aromatic rings. The summed E-state index contributed by atoms with van der Waals surface area (Å²) in [5, 5.41) is 6.25. The van der Waals surface area contributed by atoms with E-state index in [-0.39, 0.29) is 5.91 Å².